The minimum atomic E-state index is -0.230. The van der Waals surface area contributed by atoms with E-state index >= 15 is 0 Å². The SMILES string of the molecule is COCC(=O)N1CC(c2nncn2C)C2(C1)CN(C(=O)Cc1cc(OC)cc(OC)c1)C2. The summed E-state index contributed by atoms with van der Waals surface area (Å²) in [6.45, 7) is 2.30. The average molecular weight is 444 g/mol. The van der Waals surface area contributed by atoms with E-state index in [4.69, 9.17) is 14.2 Å². The zero-order chi connectivity index (χ0) is 22.9. The quantitative estimate of drug-likeness (QED) is 0.614. The molecule has 10 nitrogen and oxygen atoms in total. The zero-order valence-corrected chi connectivity index (χ0v) is 18.9. The Kier molecular flexibility index (Phi) is 6.05. The molecule has 0 bridgehead atoms. The van der Waals surface area contributed by atoms with E-state index in [-0.39, 0.29) is 36.2 Å². The van der Waals surface area contributed by atoms with Crippen molar-refractivity contribution < 1.29 is 23.8 Å². The van der Waals surface area contributed by atoms with Crippen LogP contribution in [0.2, 0.25) is 0 Å². The van der Waals surface area contributed by atoms with Gasteiger partial charge in [0.2, 0.25) is 11.8 Å². The van der Waals surface area contributed by atoms with Crippen molar-refractivity contribution in [3.05, 3.63) is 35.9 Å². The second kappa shape index (κ2) is 8.78. The Morgan fingerprint density at radius 1 is 1.03 bits per heavy atom. The standard InChI is InChI=1S/C22H29N5O5/c1-25-14-23-24-21(25)18-9-26(20(29)10-30-2)11-22(18)12-27(13-22)19(28)7-15-5-16(31-3)8-17(6-15)32-4/h5-6,8,14,18H,7,9-13H2,1-4H3. The minimum Gasteiger partial charge on any atom is -0.497 e. The summed E-state index contributed by atoms with van der Waals surface area (Å²) >= 11 is 0. The zero-order valence-electron chi connectivity index (χ0n) is 18.9. The topological polar surface area (TPSA) is 99.0 Å². The predicted octanol–water partition coefficient (Wildman–Crippen LogP) is 0.476. The molecule has 1 aromatic heterocycles. The van der Waals surface area contributed by atoms with Crippen molar-refractivity contribution in [2.45, 2.75) is 12.3 Å². The molecule has 3 heterocycles. The largest absolute Gasteiger partial charge is 0.497 e. The Morgan fingerprint density at radius 2 is 1.69 bits per heavy atom. The van der Waals surface area contributed by atoms with E-state index in [2.05, 4.69) is 10.2 Å². The third kappa shape index (κ3) is 4.02. The number of ether oxygens (including phenoxy) is 3. The van der Waals surface area contributed by atoms with Crippen molar-refractivity contribution in [3.63, 3.8) is 0 Å². The first kappa shape index (κ1) is 22.1. The molecular formula is C22H29N5O5. The second-order valence-corrected chi connectivity index (χ2v) is 8.57. The fourth-order valence-electron chi connectivity index (χ4n) is 4.80. The van der Waals surface area contributed by atoms with Gasteiger partial charge in [-0.15, -0.1) is 10.2 Å². The van der Waals surface area contributed by atoms with E-state index in [1.165, 1.54) is 7.11 Å². The molecule has 0 N–H and O–H groups in total. The maximum atomic E-state index is 13.0. The van der Waals surface area contributed by atoms with Crippen molar-refractivity contribution in [1.29, 1.82) is 0 Å². The molecule has 1 atom stereocenters. The number of likely N-dealkylation sites (tertiary alicyclic amines) is 2. The molecule has 2 aromatic rings. The van der Waals surface area contributed by atoms with Gasteiger partial charge in [0.1, 0.15) is 30.3 Å². The molecule has 32 heavy (non-hydrogen) atoms. The van der Waals surface area contributed by atoms with Gasteiger partial charge in [-0.3, -0.25) is 9.59 Å². The van der Waals surface area contributed by atoms with Crippen LogP contribution in [0.25, 0.3) is 0 Å². The van der Waals surface area contributed by atoms with Gasteiger partial charge in [-0.1, -0.05) is 0 Å². The van der Waals surface area contributed by atoms with Crippen molar-refractivity contribution >= 4 is 11.8 Å². The molecule has 2 fully saturated rings. The van der Waals surface area contributed by atoms with Crippen LogP contribution in [0.15, 0.2) is 24.5 Å². The lowest BCUT2D eigenvalue weighted by Gasteiger charge is -2.50. The smallest absolute Gasteiger partial charge is 0.248 e. The van der Waals surface area contributed by atoms with Gasteiger partial charge in [0.25, 0.3) is 0 Å². The Bertz CT molecular complexity index is 978. The maximum absolute atomic E-state index is 13.0. The molecule has 2 aliphatic rings. The Morgan fingerprint density at radius 3 is 2.25 bits per heavy atom. The molecule has 2 aliphatic heterocycles. The maximum Gasteiger partial charge on any atom is 0.248 e. The van der Waals surface area contributed by atoms with Crippen LogP contribution in [0.5, 0.6) is 11.5 Å². The van der Waals surface area contributed by atoms with Crippen molar-refractivity contribution in [3.8, 4) is 11.5 Å². The van der Waals surface area contributed by atoms with E-state index < -0.39 is 0 Å². The van der Waals surface area contributed by atoms with Gasteiger partial charge < -0.3 is 28.6 Å². The van der Waals surface area contributed by atoms with Crippen molar-refractivity contribution in [2.75, 3.05) is 54.1 Å². The van der Waals surface area contributed by atoms with Crippen molar-refractivity contribution in [2.24, 2.45) is 12.5 Å². The fourth-order valence-corrected chi connectivity index (χ4v) is 4.80. The summed E-state index contributed by atoms with van der Waals surface area (Å²) in [5, 5.41) is 8.32. The molecule has 4 rings (SSSR count). The van der Waals surface area contributed by atoms with Crippen LogP contribution in [-0.2, 0) is 27.8 Å². The lowest BCUT2D eigenvalue weighted by atomic mass is 9.71. The summed E-state index contributed by atoms with van der Waals surface area (Å²) in [6.07, 6.45) is 1.92. The molecule has 0 aliphatic carbocycles. The third-order valence-electron chi connectivity index (χ3n) is 6.46. The number of carbonyl (C=O) groups excluding carboxylic acids is 2. The number of rotatable bonds is 7. The number of amides is 2. The van der Waals surface area contributed by atoms with E-state index in [1.54, 1.807) is 26.6 Å². The van der Waals surface area contributed by atoms with Gasteiger partial charge in [0, 0.05) is 57.7 Å². The molecule has 1 unspecified atom stereocenters. The highest BCUT2D eigenvalue weighted by molar-refractivity contribution is 5.81. The predicted molar refractivity (Wildman–Crippen MR) is 114 cm³/mol. The Labute approximate surface area is 187 Å². The summed E-state index contributed by atoms with van der Waals surface area (Å²) in [7, 11) is 6.59. The monoisotopic (exact) mass is 443 g/mol. The van der Waals surface area contributed by atoms with Gasteiger partial charge in [-0.25, -0.2) is 0 Å². The van der Waals surface area contributed by atoms with Crippen LogP contribution in [-0.4, -0.2) is 90.5 Å². The van der Waals surface area contributed by atoms with Crippen LogP contribution in [0, 0.1) is 5.41 Å². The first-order valence-corrected chi connectivity index (χ1v) is 10.5. The van der Waals surface area contributed by atoms with Crippen LogP contribution in [0.1, 0.15) is 17.3 Å². The second-order valence-electron chi connectivity index (χ2n) is 8.57. The van der Waals surface area contributed by atoms with E-state index in [0.29, 0.717) is 37.7 Å². The van der Waals surface area contributed by atoms with Crippen LogP contribution in [0.4, 0.5) is 0 Å². The molecule has 1 aromatic carbocycles. The number of benzene rings is 1. The van der Waals surface area contributed by atoms with E-state index in [9.17, 15) is 9.59 Å². The van der Waals surface area contributed by atoms with Crippen LogP contribution in [0.3, 0.4) is 0 Å². The van der Waals surface area contributed by atoms with Crippen LogP contribution >= 0.6 is 0 Å². The summed E-state index contributed by atoms with van der Waals surface area (Å²) in [5.74, 6) is 2.13. The van der Waals surface area contributed by atoms with Gasteiger partial charge in [0.05, 0.1) is 20.6 Å². The summed E-state index contributed by atoms with van der Waals surface area (Å²) in [6, 6.07) is 5.47. The summed E-state index contributed by atoms with van der Waals surface area (Å²) < 4.78 is 17.5. The lowest BCUT2D eigenvalue weighted by Crippen LogP contribution is -2.62. The molecule has 0 radical (unpaired) electrons. The summed E-state index contributed by atoms with van der Waals surface area (Å²) in [4.78, 5) is 29.2. The lowest BCUT2D eigenvalue weighted by molar-refractivity contribution is -0.143. The molecule has 0 saturated carbocycles. The molecule has 2 amide bonds. The molecule has 10 heteroatoms. The van der Waals surface area contributed by atoms with Gasteiger partial charge >= 0.3 is 0 Å². The number of carbonyl (C=O) groups is 2. The third-order valence-corrected chi connectivity index (χ3v) is 6.46. The number of methoxy groups -OCH3 is 3. The molecular weight excluding hydrogens is 414 g/mol. The first-order chi connectivity index (χ1) is 15.4. The van der Waals surface area contributed by atoms with E-state index in [0.717, 1.165) is 11.4 Å². The Balaban J connectivity index is 1.49. The number of hydrogen-bond acceptors (Lipinski definition) is 7. The number of aryl methyl sites for hydroxylation is 1. The first-order valence-electron chi connectivity index (χ1n) is 10.5. The highest BCUT2D eigenvalue weighted by Crippen LogP contribution is 2.48. The summed E-state index contributed by atoms with van der Waals surface area (Å²) in [5.41, 5.74) is 0.603. The van der Waals surface area contributed by atoms with Gasteiger partial charge in [0.15, 0.2) is 0 Å². The normalized spacial score (nSPS) is 19.2. The van der Waals surface area contributed by atoms with Crippen LogP contribution < -0.4 is 9.47 Å². The molecule has 172 valence electrons. The fraction of sp³-hybridized carbons (Fsp3) is 0.545. The molecule has 1 spiro atoms. The number of nitrogens with zero attached hydrogens (tertiary/aromatic N) is 5. The molecule has 2 saturated heterocycles. The average Bonchev–Trinajstić information content (AvgIpc) is 3.35. The van der Waals surface area contributed by atoms with Crippen molar-refractivity contribution in [1.82, 2.24) is 24.6 Å². The van der Waals surface area contributed by atoms with E-state index in [1.807, 2.05) is 33.5 Å². The number of aromatic nitrogens is 3. The Hall–Kier alpha value is -3.14. The minimum absolute atomic E-state index is 0.0109. The highest BCUT2D eigenvalue weighted by atomic mass is 16.5. The highest BCUT2D eigenvalue weighted by Gasteiger charge is 2.57. The van der Waals surface area contributed by atoms with Gasteiger partial charge in [-0.2, -0.15) is 0 Å². The van der Waals surface area contributed by atoms with Gasteiger partial charge in [-0.05, 0) is 17.7 Å². The number of hydrogen-bond donors (Lipinski definition) is 0.